The van der Waals surface area contributed by atoms with Crippen molar-refractivity contribution in [3.05, 3.63) is 24.3 Å². The normalized spacial score (nSPS) is 26.6. The minimum atomic E-state index is 0.218. The number of nitrogens with two attached hydrogens (primary N) is 1. The molecule has 0 bridgehead atoms. The SMILES string of the molecule is COc1ccc(N2C(N)=NCC2C2CCCO2)cc1. The molecule has 3 rings (SSSR count). The van der Waals surface area contributed by atoms with Crippen molar-refractivity contribution in [2.45, 2.75) is 25.0 Å². The van der Waals surface area contributed by atoms with Gasteiger partial charge in [0, 0.05) is 12.3 Å². The second-order valence-corrected chi connectivity index (χ2v) is 4.89. The van der Waals surface area contributed by atoms with Crippen molar-refractivity contribution in [3.8, 4) is 5.75 Å². The van der Waals surface area contributed by atoms with Crippen LogP contribution in [0.15, 0.2) is 29.3 Å². The molecule has 1 aromatic carbocycles. The third-order valence-corrected chi connectivity index (χ3v) is 3.76. The summed E-state index contributed by atoms with van der Waals surface area (Å²) in [4.78, 5) is 6.45. The molecule has 1 aromatic rings. The van der Waals surface area contributed by atoms with E-state index in [1.807, 2.05) is 24.3 Å². The first kappa shape index (κ1) is 12.3. The lowest BCUT2D eigenvalue weighted by Gasteiger charge is -2.30. The van der Waals surface area contributed by atoms with Gasteiger partial charge in [0.25, 0.3) is 0 Å². The average Bonchev–Trinajstić information content (AvgIpc) is 3.08. The van der Waals surface area contributed by atoms with Crippen LogP contribution in [0.5, 0.6) is 5.75 Å². The summed E-state index contributed by atoms with van der Waals surface area (Å²) in [5.41, 5.74) is 7.07. The summed E-state index contributed by atoms with van der Waals surface area (Å²) in [6, 6.07) is 8.11. The number of aliphatic imine (C=N–C) groups is 1. The van der Waals surface area contributed by atoms with Crippen molar-refractivity contribution < 1.29 is 9.47 Å². The Hall–Kier alpha value is -1.75. The molecule has 2 N–H and O–H groups in total. The minimum absolute atomic E-state index is 0.218. The van der Waals surface area contributed by atoms with Crippen molar-refractivity contribution in [2.75, 3.05) is 25.2 Å². The molecule has 2 atom stereocenters. The van der Waals surface area contributed by atoms with Gasteiger partial charge in [0.1, 0.15) is 5.75 Å². The Morgan fingerprint density at radius 2 is 2.16 bits per heavy atom. The lowest BCUT2D eigenvalue weighted by atomic mass is 10.1. The van der Waals surface area contributed by atoms with Gasteiger partial charge in [-0.15, -0.1) is 0 Å². The van der Waals surface area contributed by atoms with E-state index < -0.39 is 0 Å². The van der Waals surface area contributed by atoms with Gasteiger partial charge < -0.3 is 20.1 Å². The first-order chi connectivity index (χ1) is 9.29. The van der Waals surface area contributed by atoms with Crippen LogP contribution in [0.3, 0.4) is 0 Å². The number of nitrogens with zero attached hydrogens (tertiary/aromatic N) is 2. The van der Waals surface area contributed by atoms with E-state index in [1.54, 1.807) is 7.11 Å². The average molecular weight is 261 g/mol. The van der Waals surface area contributed by atoms with Crippen molar-refractivity contribution >= 4 is 11.6 Å². The second kappa shape index (κ2) is 5.09. The van der Waals surface area contributed by atoms with Gasteiger partial charge in [-0.05, 0) is 37.1 Å². The second-order valence-electron chi connectivity index (χ2n) is 4.89. The van der Waals surface area contributed by atoms with Crippen LogP contribution in [-0.4, -0.2) is 38.4 Å². The molecule has 2 unspecified atom stereocenters. The van der Waals surface area contributed by atoms with Crippen LogP contribution in [0.25, 0.3) is 0 Å². The molecule has 2 aliphatic rings. The maximum Gasteiger partial charge on any atom is 0.196 e. The monoisotopic (exact) mass is 261 g/mol. The fraction of sp³-hybridized carbons (Fsp3) is 0.500. The highest BCUT2D eigenvalue weighted by molar-refractivity contribution is 5.97. The largest absolute Gasteiger partial charge is 0.497 e. The van der Waals surface area contributed by atoms with Crippen LogP contribution >= 0.6 is 0 Å². The fourth-order valence-corrected chi connectivity index (χ4v) is 2.77. The highest BCUT2D eigenvalue weighted by atomic mass is 16.5. The van der Waals surface area contributed by atoms with Gasteiger partial charge in [-0.3, -0.25) is 4.99 Å². The summed E-state index contributed by atoms with van der Waals surface area (Å²) in [5, 5.41) is 0. The summed E-state index contributed by atoms with van der Waals surface area (Å²) in [6.07, 6.45) is 2.43. The maximum absolute atomic E-state index is 6.03. The van der Waals surface area contributed by atoms with Gasteiger partial charge >= 0.3 is 0 Å². The van der Waals surface area contributed by atoms with Crippen molar-refractivity contribution in [3.63, 3.8) is 0 Å². The van der Waals surface area contributed by atoms with E-state index in [9.17, 15) is 0 Å². The molecule has 1 saturated heterocycles. The molecule has 0 aromatic heterocycles. The number of anilines is 1. The quantitative estimate of drug-likeness (QED) is 0.893. The molecular weight excluding hydrogens is 242 g/mol. The van der Waals surface area contributed by atoms with Gasteiger partial charge in [-0.1, -0.05) is 0 Å². The van der Waals surface area contributed by atoms with Gasteiger partial charge in [-0.2, -0.15) is 0 Å². The third-order valence-electron chi connectivity index (χ3n) is 3.76. The molecular formula is C14H19N3O2. The van der Waals surface area contributed by atoms with Crippen LogP contribution in [-0.2, 0) is 4.74 Å². The molecule has 2 heterocycles. The van der Waals surface area contributed by atoms with E-state index in [0.29, 0.717) is 12.5 Å². The zero-order valence-corrected chi connectivity index (χ0v) is 11.1. The molecule has 5 heteroatoms. The van der Waals surface area contributed by atoms with E-state index in [1.165, 1.54) is 0 Å². The lowest BCUT2D eigenvalue weighted by Crippen LogP contribution is -2.47. The number of methoxy groups -OCH3 is 1. The summed E-state index contributed by atoms with van der Waals surface area (Å²) in [5.74, 6) is 1.41. The highest BCUT2D eigenvalue weighted by Crippen LogP contribution is 2.29. The summed E-state index contributed by atoms with van der Waals surface area (Å²) in [7, 11) is 1.66. The topological polar surface area (TPSA) is 60.1 Å². The number of hydrogen-bond acceptors (Lipinski definition) is 5. The molecule has 1 fully saturated rings. The predicted molar refractivity (Wildman–Crippen MR) is 74.7 cm³/mol. The molecule has 0 aliphatic carbocycles. The Kier molecular flexibility index (Phi) is 3.29. The molecule has 102 valence electrons. The van der Waals surface area contributed by atoms with E-state index in [0.717, 1.165) is 30.9 Å². The van der Waals surface area contributed by atoms with Crippen LogP contribution in [0, 0.1) is 0 Å². The molecule has 0 amide bonds. The van der Waals surface area contributed by atoms with E-state index >= 15 is 0 Å². The van der Waals surface area contributed by atoms with Crippen molar-refractivity contribution in [1.82, 2.24) is 0 Å². The molecule has 0 spiro atoms. The van der Waals surface area contributed by atoms with Gasteiger partial charge in [0.05, 0.1) is 25.8 Å². The Balaban J connectivity index is 1.84. The fourth-order valence-electron chi connectivity index (χ4n) is 2.77. The van der Waals surface area contributed by atoms with Gasteiger partial charge in [0.2, 0.25) is 0 Å². The molecule has 0 radical (unpaired) electrons. The van der Waals surface area contributed by atoms with Crippen molar-refractivity contribution in [1.29, 1.82) is 0 Å². The summed E-state index contributed by atoms with van der Waals surface area (Å²) >= 11 is 0. The Labute approximate surface area is 113 Å². The number of guanidine groups is 1. The number of rotatable bonds is 3. The first-order valence-electron chi connectivity index (χ1n) is 6.64. The predicted octanol–water partition coefficient (Wildman–Crippen LogP) is 1.38. The summed E-state index contributed by atoms with van der Waals surface area (Å²) in [6.45, 7) is 1.56. The third kappa shape index (κ3) is 2.26. The number of hydrogen-bond donors (Lipinski definition) is 1. The van der Waals surface area contributed by atoms with E-state index in [4.69, 9.17) is 15.2 Å². The number of benzene rings is 1. The van der Waals surface area contributed by atoms with Crippen molar-refractivity contribution in [2.24, 2.45) is 10.7 Å². The highest BCUT2D eigenvalue weighted by Gasteiger charge is 2.36. The van der Waals surface area contributed by atoms with E-state index in [2.05, 4.69) is 9.89 Å². The molecule has 5 nitrogen and oxygen atoms in total. The molecule has 2 aliphatic heterocycles. The smallest absolute Gasteiger partial charge is 0.196 e. The van der Waals surface area contributed by atoms with Gasteiger partial charge in [0.15, 0.2) is 5.96 Å². The van der Waals surface area contributed by atoms with E-state index in [-0.39, 0.29) is 12.1 Å². The maximum atomic E-state index is 6.03. The zero-order valence-electron chi connectivity index (χ0n) is 11.1. The van der Waals surface area contributed by atoms with Crippen LogP contribution in [0.4, 0.5) is 5.69 Å². The molecule has 19 heavy (non-hydrogen) atoms. The summed E-state index contributed by atoms with van der Waals surface area (Å²) < 4.78 is 11.0. The Bertz CT molecular complexity index is 466. The van der Waals surface area contributed by atoms with Gasteiger partial charge in [-0.25, -0.2) is 0 Å². The Morgan fingerprint density at radius 1 is 1.37 bits per heavy atom. The minimum Gasteiger partial charge on any atom is -0.497 e. The first-order valence-corrected chi connectivity index (χ1v) is 6.64. The molecule has 0 saturated carbocycles. The zero-order chi connectivity index (χ0) is 13.2. The Morgan fingerprint density at radius 3 is 2.79 bits per heavy atom. The van der Waals surface area contributed by atoms with Crippen LogP contribution in [0.2, 0.25) is 0 Å². The standard InChI is InChI=1S/C14H19N3O2/c1-18-11-6-4-10(5-7-11)17-12(9-16-14(17)15)13-3-2-8-19-13/h4-7,12-13H,2-3,8-9H2,1H3,(H2,15,16). The van der Waals surface area contributed by atoms with Crippen LogP contribution in [0.1, 0.15) is 12.8 Å². The van der Waals surface area contributed by atoms with Crippen LogP contribution < -0.4 is 15.4 Å². The number of ether oxygens (including phenoxy) is 2. The lowest BCUT2D eigenvalue weighted by molar-refractivity contribution is 0.0947.